The van der Waals surface area contributed by atoms with E-state index < -0.39 is 0 Å². The summed E-state index contributed by atoms with van der Waals surface area (Å²) in [5.41, 5.74) is 8.41. The molecule has 0 bridgehead atoms. The number of benzene rings is 1. The van der Waals surface area contributed by atoms with Crippen molar-refractivity contribution in [2.75, 3.05) is 5.73 Å². The van der Waals surface area contributed by atoms with E-state index in [0.29, 0.717) is 23.1 Å². The number of anilines is 1. The molecule has 3 nitrogen and oxygen atoms in total. The zero-order valence-corrected chi connectivity index (χ0v) is 12.9. The van der Waals surface area contributed by atoms with Gasteiger partial charge in [-0.3, -0.25) is 0 Å². The van der Waals surface area contributed by atoms with Crippen molar-refractivity contribution < 1.29 is 4.39 Å². The summed E-state index contributed by atoms with van der Waals surface area (Å²) in [4.78, 5) is 4.35. The molecule has 0 atom stereocenters. The fourth-order valence-electron chi connectivity index (χ4n) is 3.72. The van der Waals surface area contributed by atoms with E-state index in [1.165, 1.54) is 31.7 Å². The van der Waals surface area contributed by atoms with Crippen LogP contribution in [-0.4, -0.2) is 9.55 Å². The average Bonchev–Trinajstić information content (AvgIpc) is 2.76. The zero-order valence-electron chi connectivity index (χ0n) is 12.9. The van der Waals surface area contributed by atoms with E-state index in [0.717, 1.165) is 24.3 Å². The zero-order chi connectivity index (χ0) is 15.0. The number of nitrogens with two attached hydrogens (primary N) is 1. The van der Waals surface area contributed by atoms with Crippen molar-refractivity contribution in [3.8, 4) is 0 Å². The lowest BCUT2D eigenvalue weighted by Gasteiger charge is -2.30. The van der Waals surface area contributed by atoms with Crippen LogP contribution in [0.2, 0.25) is 0 Å². The first-order valence-corrected chi connectivity index (χ1v) is 8.03. The summed E-state index contributed by atoms with van der Waals surface area (Å²) >= 11 is 0. The molecule has 0 spiro atoms. The average molecular weight is 289 g/mol. The van der Waals surface area contributed by atoms with Crippen molar-refractivity contribution in [2.45, 2.75) is 58.4 Å². The number of halogens is 1. The first-order valence-electron chi connectivity index (χ1n) is 8.03. The van der Waals surface area contributed by atoms with Crippen molar-refractivity contribution in [3.05, 3.63) is 23.5 Å². The maximum absolute atomic E-state index is 13.7. The third-order valence-corrected chi connectivity index (χ3v) is 4.88. The number of rotatable bonds is 3. The summed E-state index contributed by atoms with van der Waals surface area (Å²) in [6.45, 7) is 4.05. The molecule has 1 fully saturated rings. The molecule has 0 radical (unpaired) electrons. The summed E-state index contributed by atoms with van der Waals surface area (Å²) in [5, 5.41) is 0. The molecule has 0 amide bonds. The smallest absolute Gasteiger partial charge is 0.201 e. The molecule has 3 rings (SSSR count). The summed E-state index contributed by atoms with van der Waals surface area (Å²) in [6.07, 6.45) is 7.42. The van der Waals surface area contributed by atoms with Crippen LogP contribution in [0.25, 0.3) is 11.0 Å². The van der Waals surface area contributed by atoms with Gasteiger partial charge in [-0.05, 0) is 50.2 Å². The van der Waals surface area contributed by atoms with Crippen LogP contribution < -0.4 is 5.73 Å². The van der Waals surface area contributed by atoms with Gasteiger partial charge in [-0.1, -0.05) is 19.8 Å². The molecule has 4 heteroatoms. The maximum Gasteiger partial charge on any atom is 0.201 e. The molecular formula is C17H24FN3. The quantitative estimate of drug-likeness (QED) is 0.897. The Balaban J connectivity index is 1.90. The molecular weight excluding hydrogens is 265 g/mol. The highest BCUT2D eigenvalue weighted by Gasteiger charge is 2.25. The third-order valence-electron chi connectivity index (χ3n) is 4.88. The molecule has 1 saturated carbocycles. The molecule has 21 heavy (non-hydrogen) atoms. The number of aromatic nitrogens is 2. The van der Waals surface area contributed by atoms with Crippen LogP contribution in [0.1, 0.15) is 57.1 Å². The second-order valence-corrected chi connectivity index (χ2v) is 6.39. The monoisotopic (exact) mass is 289 g/mol. The van der Waals surface area contributed by atoms with Gasteiger partial charge in [0.15, 0.2) is 0 Å². The van der Waals surface area contributed by atoms with Crippen LogP contribution >= 0.6 is 0 Å². The Morgan fingerprint density at radius 3 is 2.67 bits per heavy atom. The Morgan fingerprint density at radius 2 is 2.00 bits per heavy atom. The van der Waals surface area contributed by atoms with Gasteiger partial charge < -0.3 is 10.3 Å². The van der Waals surface area contributed by atoms with E-state index in [9.17, 15) is 4.39 Å². The van der Waals surface area contributed by atoms with Crippen molar-refractivity contribution in [1.29, 1.82) is 0 Å². The van der Waals surface area contributed by atoms with Gasteiger partial charge in [0.25, 0.3) is 0 Å². The number of imidazole rings is 1. The Labute approximate surface area is 125 Å². The van der Waals surface area contributed by atoms with Crippen LogP contribution in [0.3, 0.4) is 0 Å². The second kappa shape index (κ2) is 5.66. The van der Waals surface area contributed by atoms with E-state index in [1.54, 1.807) is 6.92 Å². The van der Waals surface area contributed by atoms with Gasteiger partial charge >= 0.3 is 0 Å². The van der Waals surface area contributed by atoms with E-state index in [-0.39, 0.29) is 5.82 Å². The van der Waals surface area contributed by atoms with Crippen molar-refractivity contribution in [2.24, 2.45) is 5.92 Å². The summed E-state index contributed by atoms with van der Waals surface area (Å²) in [7, 11) is 0. The lowest BCUT2D eigenvalue weighted by Crippen LogP contribution is -2.19. The minimum absolute atomic E-state index is 0.209. The van der Waals surface area contributed by atoms with E-state index in [1.807, 2.05) is 6.07 Å². The summed E-state index contributed by atoms with van der Waals surface area (Å²) in [5.74, 6) is 1.18. The first-order chi connectivity index (χ1) is 10.1. The molecule has 2 N–H and O–H groups in total. The van der Waals surface area contributed by atoms with E-state index >= 15 is 0 Å². The van der Waals surface area contributed by atoms with Crippen LogP contribution in [0, 0.1) is 18.7 Å². The maximum atomic E-state index is 13.7. The molecule has 1 aromatic carbocycles. The minimum Gasteiger partial charge on any atom is -0.369 e. The van der Waals surface area contributed by atoms with Crippen LogP contribution in [-0.2, 0) is 0 Å². The number of hydrogen-bond donors (Lipinski definition) is 1. The minimum atomic E-state index is -0.209. The van der Waals surface area contributed by atoms with Gasteiger partial charge in [-0.25, -0.2) is 9.37 Å². The van der Waals surface area contributed by atoms with Crippen molar-refractivity contribution in [1.82, 2.24) is 9.55 Å². The molecule has 1 aliphatic rings. The number of nitrogen functional groups attached to an aromatic ring is 1. The summed E-state index contributed by atoms with van der Waals surface area (Å²) < 4.78 is 15.8. The number of hydrogen-bond acceptors (Lipinski definition) is 2. The summed E-state index contributed by atoms with van der Waals surface area (Å²) in [6, 6.07) is 3.79. The normalized spacial score (nSPS) is 22.8. The Hall–Kier alpha value is -1.58. The highest BCUT2D eigenvalue weighted by Crippen LogP contribution is 2.37. The highest BCUT2D eigenvalue weighted by atomic mass is 19.1. The van der Waals surface area contributed by atoms with Gasteiger partial charge in [-0.2, -0.15) is 0 Å². The predicted octanol–water partition coefficient (Wildman–Crippen LogP) is 4.60. The van der Waals surface area contributed by atoms with Gasteiger partial charge in [0.05, 0.1) is 11.0 Å². The lowest BCUT2D eigenvalue weighted by molar-refractivity contribution is 0.267. The topological polar surface area (TPSA) is 43.8 Å². The van der Waals surface area contributed by atoms with Crippen LogP contribution in [0.15, 0.2) is 12.1 Å². The van der Waals surface area contributed by atoms with Crippen molar-refractivity contribution in [3.63, 3.8) is 0 Å². The Morgan fingerprint density at radius 1 is 1.29 bits per heavy atom. The molecule has 0 unspecified atom stereocenters. The predicted molar refractivity (Wildman–Crippen MR) is 84.7 cm³/mol. The number of aryl methyl sites for hydroxylation is 1. The standard InChI is InChI=1S/C17H24FN3/c1-3-4-12-5-7-13(8-6-12)21-16-9-11(2)14(18)10-15(16)20-17(21)19/h9-10,12-13H,3-8H2,1-2H3,(H2,19,20). The Kier molecular flexibility index (Phi) is 3.87. The third kappa shape index (κ3) is 2.63. The van der Waals surface area contributed by atoms with Gasteiger partial charge in [0.2, 0.25) is 5.95 Å². The molecule has 1 aromatic heterocycles. The lowest BCUT2D eigenvalue weighted by atomic mass is 9.83. The van der Waals surface area contributed by atoms with Gasteiger partial charge in [0.1, 0.15) is 5.82 Å². The molecule has 1 heterocycles. The largest absolute Gasteiger partial charge is 0.369 e. The molecule has 0 aliphatic heterocycles. The fourth-order valence-corrected chi connectivity index (χ4v) is 3.72. The van der Waals surface area contributed by atoms with Crippen molar-refractivity contribution >= 4 is 17.0 Å². The van der Waals surface area contributed by atoms with E-state index in [2.05, 4.69) is 16.5 Å². The number of fused-ring (bicyclic) bond motifs is 1. The Bertz CT molecular complexity index is 639. The van der Waals surface area contributed by atoms with Gasteiger partial charge in [0, 0.05) is 12.1 Å². The van der Waals surface area contributed by atoms with Crippen LogP contribution in [0.5, 0.6) is 0 Å². The molecule has 114 valence electrons. The first kappa shape index (κ1) is 14.4. The SMILES string of the molecule is CCCC1CCC(n2c(N)nc3cc(F)c(C)cc32)CC1. The molecule has 0 saturated heterocycles. The van der Waals surface area contributed by atoms with E-state index in [4.69, 9.17) is 5.73 Å². The second-order valence-electron chi connectivity index (χ2n) is 6.39. The van der Waals surface area contributed by atoms with Gasteiger partial charge in [-0.15, -0.1) is 0 Å². The number of nitrogens with zero attached hydrogens (tertiary/aromatic N) is 2. The molecule has 1 aliphatic carbocycles. The fraction of sp³-hybridized carbons (Fsp3) is 0.588. The highest BCUT2D eigenvalue weighted by molar-refractivity contribution is 5.79. The van der Waals surface area contributed by atoms with Crippen LogP contribution in [0.4, 0.5) is 10.3 Å². The molecule has 2 aromatic rings.